The zero-order valence-electron chi connectivity index (χ0n) is 16.5. The molecule has 0 saturated heterocycles. The average Bonchev–Trinajstić information content (AvgIpc) is 3.23. The van der Waals surface area contributed by atoms with Crippen LogP contribution >= 0.6 is 0 Å². The number of fused-ring (bicyclic) bond motifs is 1. The van der Waals surface area contributed by atoms with Crippen LogP contribution in [0.25, 0.3) is 22.2 Å². The first-order valence-electron chi connectivity index (χ1n) is 10.0. The molecule has 0 spiro atoms. The van der Waals surface area contributed by atoms with Crippen molar-refractivity contribution >= 4 is 16.9 Å². The van der Waals surface area contributed by atoms with Crippen molar-refractivity contribution < 1.29 is 19.4 Å². The molecule has 1 amide bonds. The molecule has 1 aliphatic carbocycles. The average molecular weight is 394 g/mol. The van der Waals surface area contributed by atoms with Gasteiger partial charge in [0.2, 0.25) is 0 Å². The number of furan rings is 1. The van der Waals surface area contributed by atoms with Crippen molar-refractivity contribution in [3.63, 3.8) is 0 Å². The van der Waals surface area contributed by atoms with Gasteiger partial charge in [-0.15, -0.1) is 0 Å². The number of aliphatic hydroxyl groups excluding tert-OH is 1. The first-order valence-corrected chi connectivity index (χ1v) is 10.0. The third-order valence-electron chi connectivity index (χ3n) is 6.06. The van der Waals surface area contributed by atoms with Gasteiger partial charge < -0.3 is 19.9 Å². The molecule has 0 bridgehead atoms. The molecular formula is C23H26N2O4. The molecule has 6 nitrogen and oxygen atoms in total. The fourth-order valence-electron chi connectivity index (χ4n) is 4.16. The van der Waals surface area contributed by atoms with Crippen LogP contribution in [0.2, 0.25) is 0 Å². The Morgan fingerprint density at radius 1 is 1.17 bits per heavy atom. The molecule has 1 aliphatic rings. The molecule has 4 rings (SSSR count). The number of nitrogens with one attached hydrogen (secondary N) is 1. The molecule has 0 radical (unpaired) electrons. The maximum Gasteiger partial charge on any atom is 0.251 e. The van der Waals surface area contributed by atoms with Crippen LogP contribution in [0.5, 0.6) is 0 Å². The van der Waals surface area contributed by atoms with Gasteiger partial charge in [0.1, 0.15) is 5.58 Å². The third kappa shape index (κ3) is 4.04. The summed E-state index contributed by atoms with van der Waals surface area (Å²) in [4.78, 5) is 17.1. The zero-order chi connectivity index (χ0) is 20.4. The van der Waals surface area contributed by atoms with Crippen LogP contribution in [0.15, 0.2) is 53.3 Å². The van der Waals surface area contributed by atoms with Gasteiger partial charge in [-0.05, 0) is 62.8 Å². The lowest BCUT2D eigenvalue weighted by Crippen LogP contribution is -2.44. The molecule has 3 N–H and O–H groups in total. The maximum atomic E-state index is 12.6. The topological polar surface area (TPSA) is 95.6 Å². The van der Waals surface area contributed by atoms with Gasteiger partial charge in [0.05, 0.1) is 24.2 Å². The highest BCUT2D eigenvalue weighted by Crippen LogP contribution is 2.33. The van der Waals surface area contributed by atoms with E-state index < -0.39 is 5.60 Å². The van der Waals surface area contributed by atoms with Gasteiger partial charge in [0.25, 0.3) is 5.91 Å². The second-order valence-corrected chi connectivity index (χ2v) is 8.11. The quantitative estimate of drug-likeness (QED) is 0.615. The lowest BCUT2D eigenvalue weighted by Gasteiger charge is -2.37. The van der Waals surface area contributed by atoms with E-state index in [9.17, 15) is 15.0 Å². The van der Waals surface area contributed by atoms with Crippen LogP contribution in [0.1, 0.15) is 43.0 Å². The number of pyridine rings is 1. The standard InChI is InChI=1S/C23H26N2O4/c1-23(28,14-26)17-6-8-18(9-7-17)25-22(27)16-4-2-15(3-5-16)21-19-11-13-29-20(19)10-12-24-21/h2-5,10-13,17-18,26,28H,6-9,14H2,1H3,(H,25,27). The van der Waals surface area contributed by atoms with Gasteiger partial charge in [-0.3, -0.25) is 9.78 Å². The first kappa shape index (κ1) is 19.6. The van der Waals surface area contributed by atoms with Crippen LogP contribution in [-0.4, -0.2) is 39.4 Å². The highest BCUT2D eigenvalue weighted by atomic mass is 16.3. The van der Waals surface area contributed by atoms with E-state index >= 15 is 0 Å². The summed E-state index contributed by atoms with van der Waals surface area (Å²) < 4.78 is 5.43. The molecule has 29 heavy (non-hydrogen) atoms. The van der Waals surface area contributed by atoms with E-state index in [1.54, 1.807) is 19.4 Å². The van der Waals surface area contributed by atoms with E-state index in [1.807, 2.05) is 36.4 Å². The molecule has 2 heterocycles. The SMILES string of the molecule is CC(O)(CO)C1CCC(NC(=O)c2ccc(-c3nccc4occc34)cc2)CC1. The number of benzene rings is 1. The summed E-state index contributed by atoms with van der Waals surface area (Å²) in [6.07, 6.45) is 6.54. The summed E-state index contributed by atoms with van der Waals surface area (Å²) in [6.45, 7) is 1.44. The Morgan fingerprint density at radius 3 is 2.59 bits per heavy atom. The minimum atomic E-state index is -1.04. The third-order valence-corrected chi connectivity index (χ3v) is 6.06. The Morgan fingerprint density at radius 2 is 1.90 bits per heavy atom. The summed E-state index contributed by atoms with van der Waals surface area (Å²) >= 11 is 0. The van der Waals surface area contributed by atoms with Crippen LogP contribution in [0.4, 0.5) is 0 Å². The number of aromatic nitrogens is 1. The Balaban J connectivity index is 1.40. The van der Waals surface area contributed by atoms with Gasteiger partial charge in [0, 0.05) is 28.8 Å². The normalized spacial score (nSPS) is 21.6. The van der Waals surface area contributed by atoms with Crippen LogP contribution in [0.3, 0.4) is 0 Å². The monoisotopic (exact) mass is 394 g/mol. The number of amides is 1. The lowest BCUT2D eigenvalue weighted by atomic mass is 9.76. The van der Waals surface area contributed by atoms with Crippen molar-refractivity contribution in [2.75, 3.05) is 6.61 Å². The number of nitrogens with zero attached hydrogens (tertiary/aromatic N) is 1. The van der Waals surface area contributed by atoms with Crippen molar-refractivity contribution in [1.82, 2.24) is 10.3 Å². The van der Waals surface area contributed by atoms with Gasteiger partial charge in [0.15, 0.2) is 0 Å². The minimum absolute atomic E-state index is 0.0677. The number of rotatable bonds is 5. The minimum Gasteiger partial charge on any atom is -0.464 e. The highest BCUT2D eigenvalue weighted by Gasteiger charge is 2.34. The van der Waals surface area contributed by atoms with Crippen molar-refractivity contribution in [1.29, 1.82) is 0 Å². The molecule has 0 aliphatic heterocycles. The number of hydrogen-bond acceptors (Lipinski definition) is 5. The summed E-state index contributed by atoms with van der Waals surface area (Å²) in [5, 5.41) is 23.6. The summed E-state index contributed by atoms with van der Waals surface area (Å²) in [5.74, 6) is -0.0264. The summed E-state index contributed by atoms with van der Waals surface area (Å²) in [7, 11) is 0. The fraction of sp³-hybridized carbons (Fsp3) is 0.391. The van der Waals surface area contributed by atoms with Crippen molar-refractivity contribution in [3.05, 3.63) is 54.4 Å². The summed E-state index contributed by atoms with van der Waals surface area (Å²) in [6, 6.07) is 11.2. The van der Waals surface area contributed by atoms with E-state index in [0.29, 0.717) is 5.56 Å². The van der Waals surface area contributed by atoms with Gasteiger partial charge >= 0.3 is 0 Å². The van der Waals surface area contributed by atoms with E-state index in [2.05, 4.69) is 10.3 Å². The molecule has 1 aromatic carbocycles. The molecule has 3 aromatic rings. The Kier molecular flexibility index (Phi) is 5.39. The molecule has 1 fully saturated rings. The van der Waals surface area contributed by atoms with Crippen molar-refractivity contribution in [3.8, 4) is 11.3 Å². The van der Waals surface area contributed by atoms with Crippen molar-refractivity contribution in [2.45, 2.75) is 44.2 Å². The van der Waals surface area contributed by atoms with Gasteiger partial charge in [-0.2, -0.15) is 0 Å². The van der Waals surface area contributed by atoms with E-state index in [1.165, 1.54) is 0 Å². The highest BCUT2D eigenvalue weighted by molar-refractivity contribution is 5.96. The van der Waals surface area contributed by atoms with Crippen LogP contribution < -0.4 is 5.32 Å². The number of carbonyl (C=O) groups excluding carboxylic acids is 1. The molecule has 1 saturated carbocycles. The molecular weight excluding hydrogens is 368 g/mol. The second-order valence-electron chi connectivity index (χ2n) is 8.11. The number of carbonyl (C=O) groups is 1. The Hall–Kier alpha value is -2.70. The Bertz CT molecular complexity index is 986. The van der Waals surface area contributed by atoms with E-state index in [0.717, 1.165) is 47.9 Å². The maximum absolute atomic E-state index is 12.6. The number of hydrogen-bond donors (Lipinski definition) is 3. The Labute approximate surface area is 169 Å². The van der Waals surface area contributed by atoms with E-state index in [4.69, 9.17) is 4.42 Å². The van der Waals surface area contributed by atoms with Crippen LogP contribution in [-0.2, 0) is 0 Å². The molecule has 2 aromatic heterocycles. The fourth-order valence-corrected chi connectivity index (χ4v) is 4.16. The molecule has 1 unspecified atom stereocenters. The smallest absolute Gasteiger partial charge is 0.251 e. The first-order chi connectivity index (χ1) is 14.0. The summed E-state index contributed by atoms with van der Waals surface area (Å²) in [5.41, 5.74) is 2.11. The van der Waals surface area contributed by atoms with Crippen LogP contribution in [0, 0.1) is 5.92 Å². The second kappa shape index (κ2) is 7.97. The number of aliphatic hydroxyl groups is 2. The lowest BCUT2D eigenvalue weighted by molar-refractivity contribution is -0.0596. The predicted molar refractivity (Wildman–Crippen MR) is 110 cm³/mol. The van der Waals surface area contributed by atoms with Gasteiger partial charge in [-0.25, -0.2) is 0 Å². The van der Waals surface area contributed by atoms with E-state index in [-0.39, 0.29) is 24.5 Å². The zero-order valence-corrected chi connectivity index (χ0v) is 16.5. The van der Waals surface area contributed by atoms with Gasteiger partial charge in [-0.1, -0.05) is 12.1 Å². The predicted octanol–water partition coefficient (Wildman–Crippen LogP) is 3.53. The largest absolute Gasteiger partial charge is 0.464 e. The molecule has 6 heteroatoms. The molecule has 1 atom stereocenters. The molecule has 152 valence electrons. The van der Waals surface area contributed by atoms with Crippen molar-refractivity contribution in [2.24, 2.45) is 5.92 Å².